The van der Waals surface area contributed by atoms with Gasteiger partial charge in [-0.1, -0.05) is 26.7 Å². The van der Waals surface area contributed by atoms with E-state index in [1.54, 1.807) is 45.0 Å². The van der Waals surface area contributed by atoms with Crippen molar-refractivity contribution < 1.29 is 57.1 Å². The van der Waals surface area contributed by atoms with Crippen molar-refractivity contribution in [2.45, 2.75) is 72.3 Å². The van der Waals surface area contributed by atoms with Crippen molar-refractivity contribution in [1.29, 1.82) is 0 Å². The van der Waals surface area contributed by atoms with Crippen LogP contribution in [0.2, 0.25) is 0 Å². The number of fused-ring (bicyclic) bond motifs is 2. The standard InChI is InChI=1S/C22H29NO7S.C17H21NO5S/c1-8-9-12(20(25)29-7)17(21(26)30-22(2,3)4)18(24)16-10-13-15(31-16)11-14(27-5)19(23-13)28-6;1-5-6-10(17(20)23-4)7-12(19)15-8-11-14(24-15)9-13(21-2)16(18-11)22-3/h10-12,17H,8-9H2,1-7H3;8-10H,5-7H2,1-4H3. The molecule has 55 heavy (non-hydrogen) atoms. The normalized spacial score (nSPS) is 12.8. The van der Waals surface area contributed by atoms with E-state index < -0.39 is 41.1 Å². The first-order chi connectivity index (χ1) is 26.1. The molecule has 300 valence electrons. The van der Waals surface area contributed by atoms with Gasteiger partial charge in [0, 0.05) is 18.6 Å². The highest BCUT2D eigenvalue weighted by atomic mass is 32.1. The topological polar surface area (TPSA) is 176 Å². The lowest BCUT2D eigenvalue weighted by molar-refractivity contribution is -0.165. The predicted molar refractivity (Wildman–Crippen MR) is 209 cm³/mol. The zero-order chi connectivity index (χ0) is 41.0. The molecule has 0 fully saturated rings. The summed E-state index contributed by atoms with van der Waals surface area (Å²) in [7, 11) is 8.60. The van der Waals surface area contributed by atoms with Gasteiger partial charge in [0.2, 0.25) is 0 Å². The fraction of sp³-hybridized carbons (Fsp3) is 0.513. The number of carbonyl (C=O) groups is 5. The summed E-state index contributed by atoms with van der Waals surface area (Å²) in [4.78, 5) is 72.9. The van der Waals surface area contributed by atoms with Crippen LogP contribution in [0.25, 0.3) is 20.4 Å². The first-order valence-electron chi connectivity index (χ1n) is 17.6. The monoisotopic (exact) mass is 802 g/mol. The van der Waals surface area contributed by atoms with Crippen LogP contribution in [0.4, 0.5) is 0 Å². The summed E-state index contributed by atoms with van der Waals surface area (Å²) in [5.74, 6) is -3.35. The van der Waals surface area contributed by atoms with Crippen LogP contribution in [0, 0.1) is 17.8 Å². The summed E-state index contributed by atoms with van der Waals surface area (Å²) in [6.07, 6.45) is 2.49. The number of thiophene rings is 2. The van der Waals surface area contributed by atoms with Gasteiger partial charge in [-0.25, -0.2) is 9.97 Å². The number of nitrogens with zero attached hydrogens (tertiary/aromatic N) is 2. The number of hydrogen-bond donors (Lipinski definition) is 0. The van der Waals surface area contributed by atoms with E-state index in [1.807, 2.05) is 13.8 Å². The van der Waals surface area contributed by atoms with Gasteiger partial charge in [-0.15, -0.1) is 22.7 Å². The lowest BCUT2D eigenvalue weighted by Crippen LogP contribution is -2.40. The summed E-state index contributed by atoms with van der Waals surface area (Å²) in [5, 5.41) is 0. The molecule has 4 aromatic heterocycles. The molecule has 0 amide bonds. The Hall–Kier alpha value is -4.83. The van der Waals surface area contributed by atoms with E-state index in [1.165, 1.54) is 65.3 Å². The van der Waals surface area contributed by atoms with Gasteiger partial charge in [0.1, 0.15) is 11.5 Å². The lowest BCUT2D eigenvalue weighted by atomic mass is 9.84. The van der Waals surface area contributed by atoms with Crippen molar-refractivity contribution in [3.8, 4) is 23.3 Å². The molecular weight excluding hydrogens is 753 g/mol. The van der Waals surface area contributed by atoms with Crippen molar-refractivity contribution in [2.75, 3.05) is 42.7 Å². The maximum Gasteiger partial charge on any atom is 0.318 e. The molecule has 0 aliphatic carbocycles. The number of pyridine rings is 2. The quantitative estimate of drug-likeness (QED) is 0.0443. The van der Waals surface area contributed by atoms with Crippen LogP contribution in [-0.2, 0) is 28.6 Å². The van der Waals surface area contributed by atoms with Crippen LogP contribution in [0.15, 0.2) is 24.3 Å². The van der Waals surface area contributed by atoms with Crippen molar-refractivity contribution in [3.63, 3.8) is 0 Å². The third kappa shape index (κ3) is 11.4. The van der Waals surface area contributed by atoms with Crippen molar-refractivity contribution >= 4 is 72.6 Å². The highest BCUT2D eigenvalue weighted by molar-refractivity contribution is 7.21. The van der Waals surface area contributed by atoms with Crippen LogP contribution in [0.1, 0.15) is 86.1 Å². The van der Waals surface area contributed by atoms with E-state index in [9.17, 15) is 24.0 Å². The fourth-order valence-corrected chi connectivity index (χ4v) is 7.70. The van der Waals surface area contributed by atoms with Gasteiger partial charge in [0.05, 0.1) is 84.7 Å². The molecule has 4 rings (SSSR count). The number of esters is 3. The molecule has 0 saturated carbocycles. The third-order valence-electron chi connectivity index (χ3n) is 8.27. The molecule has 4 aromatic rings. The smallest absolute Gasteiger partial charge is 0.318 e. The number of rotatable bonds is 17. The lowest BCUT2D eigenvalue weighted by Gasteiger charge is -2.26. The van der Waals surface area contributed by atoms with Crippen LogP contribution >= 0.6 is 22.7 Å². The minimum Gasteiger partial charge on any atom is -0.491 e. The van der Waals surface area contributed by atoms with Crippen molar-refractivity contribution in [3.05, 3.63) is 34.0 Å². The Kier molecular flexibility index (Phi) is 16.4. The zero-order valence-electron chi connectivity index (χ0n) is 33.2. The van der Waals surface area contributed by atoms with Gasteiger partial charge in [-0.2, -0.15) is 0 Å². The number of methoxy groups -OCH3 is 6. The minimum absolute atomic E-state index is 0.0835. The van der Waals surface area contributed by atoms with Crippen molar-refractivity contribution in [1.82, 2.24) is 9.97 Å². The maximum absolute atomic E-state index is 13.5. The van der Waals surface area contributed by atoms with Gasteiger partial charge in [-0.05, 0) is 45.7 Å². The zero-order valence-corrected chi connectivity index (χ0v) is 34.8. The first kappa shape index (κ1) is 44.6. The largest absolute Gasteiger partial charge is 0.491 e. The van der Waals surface area contributed by atoms with E-state index in [2.05, 4.69) is 9.97 Å². The molecule has 3 unspecified atom stereocenters. The Labute approximate surface area is 328 Å². The second-order valence-corrected chi connectivity index (χ2v) is 15.5. The van der Waals surface area contributed by atoms with E-state index in [0.717, 1.165) is 11.1 Å². The molecule has 0 aromatic carbocycles. The van der Waals surface area contributed by atoms with E-state index >= 15 is 0 Å². The number of aromatic nitrogens is 2. The minimum atomic E-state index is -1.32. The third-order valence-corrected chi connectivity index (χ3v) is 10.5. The summed E-state index contributed by atoms with van der Waals surface area (Å²) < 4.78 is 37.6. The molecule has 0 bridgehead atoms. The Morgan fingerprint density at radius 3 is 1.58 bits per heavy atom. The molecular formula is C39H50N2O12S2. The first-order valence-corrected chi connectivity index (χ1v) is 19.2. The van der Waals surface area contributed by atoms with Gasteiger partial charge >= 0.3 is 17.9 Å². The van der Waals surface area contributed by atoms with Crippen molar-refractivity contribution in [2.24, 2.45) is 17.8 Å². The highest BCUT2D eigenvalue weighted by Gasteiger charge is 2.43. The van der Waals surface area contributed by atoms with Crippen LogP contribution in [0.5, 0.6) is 23.3 Å². The molecule has 0 radical (unpaired) electrons. The molecule has 3 atom stereocenters. The molecule has 14 nitrogen and oxygen atoms in total. The Bertz CT molecular complexity index is 1900. The number of ether oxygens (including phenoxy) is 7. The number of ketones is 2. The summed E-state index contributed by atoms with van der Waals surface area (Å²) in [6, 6.07) is 6.83. The molecule has 0 spiro atoms. The van der Waals surface area contributed by atoms with Gasteiger partial charge in [0.25, 0.3) is 11.8 Å². The molecule has 0 N–H and O–H groups in total. The summed E-state index contributed by atoms with van der Waals surface area (Å²) >= 11 is 2.50. The molecule has 0 aliphatic rings. The second kappa shape index (κ2) is 20.2. The Morgan fingerprint density at radius 1 is 0.655 bits per heavy atom. The van der Waals surface area contributed by atoms with Gasteiger partial charge in [0.15, 0.2) is 23.1 Å². The number of hydrogen-bond acceptors (Lipinski definition) is 16. The van der Waals surface area contributed by atoms with E-state index in [4.69, 9.17) is 33.2 Å². The summed E-state index contributed by atoms with van der Waals surface area (Å²) in [5.41, 5.74) is 0.385. The fourth-order valence-electron chi connectivity index (χ4n) is 5.71. The average molecular weight is 803 g/mol. The van der Waals surface area contributed by atoms with E-state index in [0.29, 0.717) is 62.1 Å². The number of Topliss-reactive ketones (excluding diaryl/α,β-unsaturated/α-hetero) is 2. The van der Waals surface area contributed by atoms with Gasteiger partial charge in [-0.3, -0.25) is 24.0 Å². The average Bonchev–Trinajstić information content (AvgIpc) is 3.78. The molecule has 0 aliphatic heterocycles. The highest BCUT2D eigenvalue weighted by Crippen LogP contribution is 2.37. The maximum atomic E-state index is 13.5. The van der Waals surface area contributed by atoms with Crippen LogP contribution in [-0.4, -0.2) is 87.7 Å². The summed E-state index contributed by atoms with van der Waals surface area (Å²) in [6.45, 7) is 8.97. The molecule has 4 heterocycles. The Balaban J connectivity index is 0.000000305. The van der Waals surface area contributed by atoms with Crippen LogP contribution in [0.3, 0.4) is 0 Å². The Morgan fingerprint density at radius 2 is 1.15 bits per heavy atom. The van der Waals surface area contributed by atoms with Crippen LogP contribution < -0.4 is 18.9 Å². The van der Waals surface area contributed by atoms with Gasteiger partial charge < -0.3 is 33.2 Å². The molecule has 16 heteroatoms. The second-order valence-electron chi connectivity index (χ2n) is 13.3. The molecule has 0 saturated heterocycles. The van der Waals surface area contributed by atoms with E-state index in [-0.39, 0.29) is 24.1 Å². The number of carbonyl (C=O) groups excluding carboxylic acids is 5. The predicted octanol–water partition coefficient (Wildman–Crippen LogP) is 7.52. The SMILES string of the molecule is CCCC(C(=O)OC)C(C(=O)OC(C)(C)C)C(=O)c1cc2nc(OC)c(OC)cc2s1.CCCC(CC(=O)c1cc2nc(OC)c(OC)cc2s1)C(=O)OC.